The summed E-state index contributed by atoms with van der Waals surface area (Å²) in [5.74, 6) is -0.601. The number of anilines is 1. The SMILES string of the molecule is CCC(C)c1ccccc1NC(=O)C(C)OC(=O)c1ccnc2[nH]ccc12. The van der Waals surface area contributed by atoms with Crippen LogP contribution in [0.15, 0.2) is 48.8 Å². The van der Waals surface area contributed by atoms with E-state index in [1.54, 1.807) is 25.3 Å². The molecule has 0 saturated heterocycles. The largest absolute Gasteiger partial charge is 0.449 e. The summed E-state index contributed by atoms with van der Waals surface area (Å²) in [6.45, 7) is 5.78. The van der Waals surface area contributed by atoms with Crippen LogP contribution in [-0.2, 0) is 9.53 Å². The molecule has 0 spiro atoms. The minimum atomic E-state index is -0.926. The van der Waals surface area contributed by atoms with Gasteiger partial charge in [0.25, 0.3) is 5.91 Å². The molecule has 1 aromatic carbocycles. The number of pyridine rings is 1. The van der Waals surface area contributed by atoms with Crippen molar-refractivity contribution in [2.75, 3.05) is 5.32 Å². The van der Waals surface area contributed by atoms with Crippen LogP contribution >= 0.6 is 0 Å². The molecule has 0 saturated carbocycles. The summed E-state index contributed by atoms with van der Waals surface area (Å²) < 4.78 is 5.38. The van der Waals surface area contributed by atoms with E-state index in [1.807, 2.05) is 24.3 Å². The Morgan fingerprint density at radius 3 is 2.74 bits per heavy atom. The van der Waals surface area contributed by atoms with E-state index >= 15 is 0 Å². The van der Waals surface area contributed by atoms with Crippen molar-refractivity contribution in [1.29, 1.82) is 0 Å². The molecule has 2 unspecified atom stereocenters. The molecule has 6 nitrogen and oxygen atoms in total. The number of rotatable bonds is 6. The Labute approximate surface area is 158 Å². The molecule has 140 valence electrons. The lowest BCUT2D eigenvalue weighted by Crippen LogP contribution is -2.30. The second kappa shape index (κ2) is 8.03. The molecule has 3 aromatic rings. The molecular formula is C21H23N3O3. The first-order valence-corrected chi connectivity index (χ1v) is 9.04. The van der Waals surface area contributed by atoms with Crippen LogP contribution in [0.5, 0.6) is 0 Å². The maximum Gasteiger partial charge on any atom is 0.339 e. The van der Waals surface area contributed by atoms with E-state index in [9.17, 15) is 9.59 Å². The molecule has 0 aliphatic rings. The van der Waals surface area contributed by atoms with Crippen LogP contribution in [-0.4, -0.2) is 27.9 Å². The summed E-state index contributed by atoms with van der Waals surface area (Å²) in [5, 5.41) is 3.54. The van der Waals surface area contributed by atoms with E-state index in [0.717, 1.165) is 17.7 Å². The molecule has 0 fully saturated rings. The van der Waals surface area contributed by atoms with Gasteiger partial charge in [-0.2, -0.15) is 0 Å². The number of fused-ring (bicyclic) bond motifs is 1. The summed E-state index contributed by atoms with van der Waals surface area (Å²) in [6.07, 6.45) is 3.27. The van der Waals surface area contributed by atoms with Crippen LogP contribution in [0.2, 0.25) is 0 Å². The number of amides is 1. The van der Waals surface area contributed by atoms with Crippen molar-refractivity contribution >= 4 is 28.6 Å². The van der Waals surface area contributed by atoms with Crippen molar-refractivity contribution in [3.63, 3.8) is 0 Å². The number of hydrogen-bond acceptors (Lipinski definition) is 4. The van der Waals surface area contributed by atoms with E-state index in [4.69, 9.17) is 4.74 Å². The fraction of sp³-hybridized carbons (Fsp3) is 0.286. The van der Waals surface area contributed by atoms with Gasteiger partial charge >= 0.3 is 5.97 Å². The van der Waals surface area contributed by atoms with Crippen molar-refractivity contribution in [1.82, 2.24) is 9.97 Å². The van der Waals surface area contributed by atoms with Gasteiger partial charge < -0.3 is 15.0 Å². The van der Waals surface area contributed by atoms with Crippen LogP contribution in [0, 0.1) is 0 Å². The van der Waals surface area contributed by atoms with Crippen molar-refractivity contribution in [2.24, 2.45) is 0 Å². The van der Waals surface area contributed by atoms with Crippen molar-refractivity contribution in [2.45, 2.75) is 39.2 Å². The molecule has 2 aromatic heterocycles. The van der Waals surface area contributed by atoms with Gasteiger partial charge in [0, 0.05) is 23.5 Å². The van der Waals surface area contributed by atoms with E-state index in [0.29, 0.717) is 22.5 Å². The number of hydrogen-bond donors (Lipinski definition) is 2. The first-order chi connectivity index (χ1) is 13.0. The molecule has 27 heavy (non-hydrogen) atoms. The first-order valence-electron chi connectivity index (χ1n) is 9.04. The maximum atomic E-state index is 12.5. The van der Waals surface area contributed by atoms with Crippen LogP contribution in [0.1, 0.15) is 49.0 Å². The number of H-pyrrole nitrogens is 1. The van der Waals surface area contributed by atoms with Gasteiger partial charge in [0.15, 0.2) is 6.10 Å². The number of carbonyl (C=O) groups is 2. The van der Waals surface area contributed by atoms with E-state index in [-0.39, 0.29) is 5.91 Å². The second-order valence-corrected chi connectivity index (χ2v) is 6.53. The number of aromatic amines is 1. The van der Waals surface area contributed by atoms with E-state index < -0.39 is 12.1 Å². The molecule has 6 heteroatoms. The minimum absolute atomic E-state index is 0.318. The smallest absolute Gasteiger partial charge is 0.339 e. The predicted molar refractivity (Wildman–Crippen MR) is 105 cm³/mol. The van der Waals surface area contributed by atoms with Crippen molar-refractivity contribution in [3.8, 4) is 0 Å². The van der Waals surface area contributed by atoms with Gasteiger partial charge in [0.1, 0.15) is 5.65 Å². The average Bonchev–Trinajstić information content (AvgIpc) is 3.16. The lowest BCUT2D eigenvalue weighted by molar-refractivity contribution is -0.123. The van der Waals surface area contributed by atoms with Gasteiger partial charge in [0.05, 0.1) is 5.56 Å². The lowest BCUT2D eigenvalue weighted by Gasteiger charge is -2.18. The molecule has 0 radical (unpaired) electrons. The number of esters is 1. The highest BCUT2D eigenvalue weighted by Crippen LogP contribution is 2.26. The number of benzene rings is 1. The number of para-hydroxylation sites is 1. The summed E-state index contributed by atoms with van der Waals surface area (Å²) >= 11 is 0. The zero-order chi connectivity index (χ0) is 19.4. The highest BCUT2D eigenvalue weighted by Gasteiger charge is 2.22. The van der Waals surface area contributed by atoms with Crippen LogP contribution in [0.25, 0.3) is 11.0 Å². The standard InChI is InChI=1S/C21H23N3O3/c1-4-13(2)15-7-5-6-8-18(15)24-20(25)14(3)27-21(26)17-10-12-23-19-16(17)9-11-22-19/h5-14H,4H2,1-3H3,(H,22,23)(H,24,25). The van der Waals surface area contributed by atoms with E-state index in [2.05, 4.69) is 29.1 Å². The van der Waals surface area contributed by atoms with Crippen LogP contribution < -0.4 is 5.32 Å². The maximum absolute atomic E-state index is 12.5. The Hall–Kier alpha value is -3.15. The number of aromatic nitrogens is 2. The third kappa shape index (κ3) is 4.00. The van der Waals surface area contributed by atoms with E-state index in [1.165, 1.54) is 6.20 Å². The third-order valence-corrected chi connectivity index (χ3v) is 4.70. The van der Waals surface area contributed by atoms with Crippen LogP contribution in [0.4, 0.5) is 5.69 Å². The summed E-state index contributed by atoms with van der Waals surface area (Å²) in [4.78, 5) is 32.1. The molecule has 2 heterocycles. The summed E-state index contributed by atoms with van der Waals surface area (Å²) in [7, 11) is 0. The van der Waals surface area contributed by atoms with Crippen LogP contribution in [0.3, 0.4) is 0 Å². The Bertz CT molecular complexity index is 964. The molecular weight excluding hydrogens is 342 g/mol. The molecule has 2 N–H and O–H groups in total. The molecule has 2 atom stereocenters. The Morgan fingerprint density at radius 2 is 1.96 bits per heavy atom. The minimum Gasteiger partial charge on any atom is -0.449 e. The highest BCUT2D eigenvalue weighted by molar-refractivity contribution is 6.04. The Morgan fingerprint density at radius 1 is 1.19 bits per heavy atom. The summed E-state index contributed by atoms with van der Waals surface area (Å²) in [6, 6.07) is 11.0. The third-order valence-electron chi connectivity index (χ3n) is 4.70. The van der Waals surface area contributed by atoms with Gasteiger partial charge in [-0.05, 0) is 43.0 Å². The average molecular weight is 365 g/mol. The molecule has 0 aliphatic heterocycles. The molecule has 0 bridgehead atoms. The first kappa shape index (κ1) is 18.6. The molecule has 1 amide bonds. The van der Waals surface area contributed by atoms with Crippen molar-refractivity contribution in [3.05, 3.63) is 59.9 Å². The Kier molecular flexibility index (Phi) is 5.54. The van der Waals surface area contributed by atoms with Crippen molar-refractivity contribution < 1.29 is 14.3 Å². The number of carbonyl (C=O) groups excluding carboxylic acids is 2. The topological polar surface area (TPSA) is 84.1 Å². The Balaban J connectivity index is 1.71. The number of nitrogens with zero attached hydrogens (tertiary/aromatic N) is 1. The number of nitrogens with one attached hydrogen (secondary N) is 2. The lowest BCUT2D eigenvalue weighted by atomic mass is 9.97. The quantitative estimate of drug-likeness (QED) is 0.639. The zero-order valence-corrected chi connectivity index (χ0v) is 15.7. The van der Waals surface area contributed by atoms with Gasteiger partial charge in [0.2, 0.25) is 0 Å². The van der Waals surface area contributed by atoms with Gasteiger partial charge in [-0.3, -0.25) is 4.79 Å². The fourth-order valence-corrected chi connectivity index (χ4v) is 2.91. The van der Waals surface area contributed by atoms with Gasteiger partial charge in [-0.25, -0.2) is 9.78 Å². The predicted octanol–water partition coefficient (Wildman–Crippen LogP) is 4.26. The highest BCUT2D eigenvalue weighted by atomic mass is 16.5. The summed E-state index contributed by atoms with van der Waals surface area (Å²) in [5.41, 5.74) is 2.79. The normalized spacial score (nSPS) is 13.1. The number of ether oxygens (including phenoxy) is 1. The fourth-order valence-electron chi connectivity index (χ4n) is 2.91. The molecule has 3 rings (SSSR count). The molecule has 0 aliphatic carbocycles. The second-order valence-electron chi connectivity index (χ2n) is 6.53. The zero-order valence-electron chi connectivity index (χ0n) is 15.7. The van der Waals surface area contributed by atoms with Gasteiger partial charge in [-0.1, -0.05) is 32.0 Å². The monoisotopic (exact) mass is 365 g/mol. The van der Waals surface area contributed by atoms with Gasteiger partial charge in [-0.15, -0.1) is 0 Å².